The highest BCUT2D eigenvalue weighted by Gasteiger charge is 2.10. The first kappa shape index (κ1) is 14.6. The number of imidazole rings is 1. The molecule has 0 fully saturated rings. The van der Waals surface area contributed by atoms with Gasteiger partial charge in [-0.15, -0.1) is 0 Å². The lowest BCUT2D eigenvalue weighted by molar-refractivity contribution is 0.174. The molecule has 4 nitrogen and oxygen atoms in total. The summed E-state index contributed by atoms with van der Waals surface area (Å²) in [4.78, 5) is 9.18. The molecular formula is C14H13Cl2N3O. The number of benzene rings is 1. The van der Waals surface area contributed by atoms with Gasteiger partial charge in [-0.25, -0.2) is 4.98 Å². The Balaban J connectivity index is 2.29. The van der Waals surface area contributed by atoms with E-state index in [9.17, 15) is 0 Å². The quantitative estimate of drug-likeness (QED) is 0.352. The summed E-state index contributed by atoms with van der Waals surface area (Å²) in [5, 5.41) is 5.22. The van der Waals surface area contributed by atoms with Gasteiger partial charge in [0.15, 0.2) is 0 Å². The van der Waals surface area contributed by atoms with Gasteiger partial charge in [-0.1, -0.05) is 41.0 Å². The van der Waals surface area contributed by atoms with Crippen LogP contribution in [0.4, 0.5) is 0 Å². The largest absolute Gasteiger partial charge is 0.391 e. The maximum absolute atomic E-state index is 6.21. The molecular weight excluding hydrogens is 297 g/mol. The number of hydrogen-bond acceptors (Lipinski definition) is 3. The molecule has 0 saturated heterocycles. The molecule has 0 saturated carbocycles. The molecule has 0 bridgehead atoms. The zero-order chi connectivity index (χ0) is 14.4. The van der Waals surface area contributed by atoms with Crippen LogP contribution in [0.25, 0.3) is 0 Å². The average Bonchev–Trinajstić information content (AvgIpc) is 2.91. The zero-order valence-electron chi connectivity index (χ0n) is 10.7. The van der Waals surface area contributed by atoms with E-state index in [4.69, 9.17) is 28.0 Å². The van der Waals surface area contributed by atoms with Crippen molar-refractivity contribution in [3.8, 4) is 0 Å². The Hall–Kier alpha value is -1.78. The van der Waals surface area contributed by atoms with Gasteiger partial charge >= 0.3 is 0 Å². The van der Waals surface area contributed by atoms with E-state index in [2.05, 4.69) is 16.7 Å². The van der Waals surface area contributed by atoms with Crippen LogP contribution in [0.3, 0.4) is 0 Å². The van der Waals surface area contributed by atoms with Crippen LogP contribution in [0.5, 0.6) is 0 Å². The average molecular weight is 310 g/mol. The molecule has 2 aromatic rings. The van der Waals surface area contributed by atoms with Gasteiger partial charge < -0.3 is 9.40 Å². The lowest BCUT2D eigenvalue weighted by Gasteiger charge is -2.09. The van der Waals surface area contributed by atoms with E-state index in [0.717, 1.165) is 5.56 Å². The minimum atomic E-state index is 0.332. The fourth-order valence-corrected chi connectivity index (χ4v) is 2.13. The minimum Gasteiger partial charge on any atom is -0.391 e. The van der Waals surface area contributed by atoms with Crippen molar-refractivity contribution in [3.05, 3.63) is 65.2 Å². The molecule has 104 valence electrons. The second-order valence-electron chi connectivity index (χ2n) is 3.98. The van der Waals surface area contributed by atoms with Crippen LogP contribution >= 0.6 is 23.2 Å². The molecule has 1 aromatic heterocycles. The summed E-state index contributed by atoms with van der Waals surface area (Å²) in [6.07, 6.45) is 6.87. The van der Waals surface area contributed by atoms with Crippen molar-refractivity contribution in [2.75, 3.05) is 6.61 Å². The highest BCUT2D eigenvalue weighted by molar-refractivity contribution is 6.37. The van der Waals surface area contributed by atoms with Gasteiger partial charge in [-0.05, 0) is 18.2 Å². The van der Waals surface area contributed by atoms with Gasteiger partial charge in [0.1, 0.15) is 12.3 Å². The maximum atomic E-state index is 6.21. The van der Waals surface area contributed by atoms with Crippen molar-refractivity contribution in [2.45, 2.75) is 6.54 Å². The first-order valence-corrected chi connectivity index (χ1v) is 6.67. The van der Waals surface area contributed by atoms with Gasteiger partial charge in [-0.3, -0.25) is 0 Å². The Labute approximate surface area is 127 Å². The second-order valence-corrected chi connectivity index (χ2v) is 4.83. The van der Waals surface area contributed by atoms with E-state index in [0.29, 0.717) is 28.9 Å². The van der Waals surface area contributed by atoms with E-state index in [1.165, 1.54) is 0 Å². The van der Waals surface area contributed by atoms with Gasteiger partial charge in [0.2, 0.25) is 0 Å². The molecule has 2 rings (SSSR count). The number of halogens is 2. The van der Waals surface area contributed by atoms with Gasteiger partial charge in [0, 0.05) is 23.0 Å². The Morgan fingerprint density at radius 3 is 2.95 bits per heavy atom. The summed E-state index contributed by atoms with van der Waals surface area (Å²) in [7, 11) is 0. The molecule has 0 aliphatic rings. The fourth-order valence-electron chi connectivity index (χ4n) is 1.61. The van der Waals surface area contributed by atoms with Crippen LogP contribution in [0.2, 0.25) is 10.0 Å². The summed E-state index contributed by atoms with van der Waals surface area (Å²) in [5.74, 6) is 0. The second kappa shape index (κ2) is 7.12. The topological polar surface area (TPSA) is 39.4 Å². The van der Waals surface area contributed by atoms with E-state index < -0.39 is 0 Å². The van der Waals surface area contributed by atoms with Crippen LogP contribution < -0.4 is 0 Å². The van der Waals surface area contributed by atoms with E-state index in [1.54, 1.807) is 30.7 Å². The predicted molar refractivity (Wildman–Crippen MR) is 81.4 cm³/mol. The third-order valence-corrected chi connectivity index (χ3v) is 3.05. The van der Waals surface area contributed by atoms with E-state index in [1.807, 2.05) is 16.8 Å². The van der Waals surface area contributed by atoms with Crippen molar-refractivity contribution < 1.29 is 4.84 Å². The molecule has 0 N–H and O–H groups in total. The molecule has 0 unspecified atom stereocenters. The number of aromatic nitrogens is 2. The SMILES string of the molecule is C=CCON=C(Cn1ccnc1)c1ccc(Cl)cc1Cl. The highest BCUT2D eigenvalue weighted by atomic mass is 35.5. The van der Waals surface area contributed by atoms with Crippen LogP contribution in [-0.4, -0.2) is 21.9 Å². The summed E-state index contributed by atoms with van der Waals surface area (Å²) in [6, 6.07) is 5.26. The number of oxime groups is 1. The van der Waals surface area contributed by atoms with E-state index in [-0.39, 0.29) is 0 Å². The van der Waals surface area contributed by atoms with Crippen molar-refractivity contribution in [1.82, 2.24) is 9.55 Å². The first-order chi connectivity index (χ1) is 9.70. The predicted octanol–water partition coefficient (Wildman–Crippen LogP) is 3.80. The maximum Gasteiger partial charge on any atom is 0.135 e. The van der Waals surface area contributed by atoms with Crippen molar-refractivity contribution in [2.24, 2.45) is 5.16 Å². The molecule has 0 amide bonds. The number of hydrogen-bond donors (Lipinski definition) is 0. The van der Waals surface area contributed by atoms with Crippen LogP contribution in [-0.2, 0) is 11.4 Å². The molecule has 1 aromatic carbocycles. The Bertz CT molecular complexity index is 609. The van der Waals surface area contributed by atoms with Crippen molar-refractivity contribution >= 4 is 28.9 Å². The Kier molecular flexibility index (Phi) is 5.21. The first-order valence-electron chi connectivity index (χ1n) is 5.91. The summed E-state index contributed by atoms with van der Waals surface area (Å²) >= 11 is 12.1. The molecule has 0 spiro atoms. The smallest absolute Gasteiger partial charge is 0.135 e. The van der Waals surface area contributed by atoms with Gasteiger partial charge in [0.05, 0.1) is 17.9 Å². The monoisotopic (exact) mass is 309 g/mol. The van der Waals surface area contributed by atoms with Crippen LogP contribution in [0.15, 0.2) is 54.7 Å². The lowest BCUT2D eigenvalue weighted by Crippen LogP contribution is -2.12. The normalized spacial score (nSPS) is 11.4. The van der Waals surface area contributed by atoms with Crippen LogP contribution in [0, 0.1) is 0 Å². The lowest BCUT2D eigenvalue weighted by atomic mass is 10.1. The fraction of sp³-hybridized carbons (Fsp3) is 0.143. The van der Waals surface area contributed by atoms with Gasteiger partial charge in [0.25, 0.3) is 0 Å². The Morgan fingerprint density at radius 2 is 2.30 bits per heavy atom. The zero-order valence-corrected chi connectivity index (χ0v) is 12.2. The molecule has 0 radical (unpaired) electrons. The summed E-state index contributed by atoms with van der Waals surface area (Å²) < 4.78 is 1.88. The Morgan fingerprint density at radius 1 is 1.45 bits per heavy atom. The van der Waals surface area contributed by atoms with E-state index >= 15 is 0 Å². The highest BCUT2D eigenvalue weighted by Crippen LogP contribution is 2.22. The molecule has 20 heavy (non-hydrogen) atoms. The number of rotatable bonds is 6. The molecule has 0 aliphatic heterocycles. The molecule has 0 aliphatic carbocycles. The molecule has 1 heterocycles. The van der Waals surface area contributed by atoms with Gasteiger partial charge in [-0.2, -0.15) is 0 Å². The molecule has 0 atom stereocenters. The summed E-state index contributed by atoms with van der Waals surface area (Å²) in [6.45, 7) is 4.41. The number of nitrogens with zero attached hydrogens (tertiary/aromatic N) is 3. The minimum absolute atomic E-state index is 0.332. The third kappa shape index (κ3) is 3.85. The standard InChI is InChI=1S/C14H13Cl2N3O/c1-2-7-20-18-14(9-19-6-5-17-10-19)12-4-3-11(15)8-13(12)16/h2-6,8,10H,1,7,9H2. The van der Waals surface area contributed by atoms with Crippen molar-refractivity contribution in [1.29, 1.82) is 0 Å². The van der Waals surface area contributed by atoms with Crippen LogP contribution in [0.1, 0.15) is 5.56 Å². The van der Waals surface area contributed by atoms with Crippen molar-refractivity contribution in [3.63, 3.8) is 0 Å². The molecule has 6 heteroatoms. The summed E-state index contributed by atoms with van der Waals surface area (Å²) in [5.41, 5.74) is 1.46. The third-order valence-electron chi connectivity index (χ3n) is 2.50.